The molecule has 1 aromatic heterocycles. The van der Waals surface area contributed by atoms with Crippen LogP contribution in [0.1, 0.15) is 31.0 Å². The first-order valence-electron chi connectivity index (χ1n) is 9.25. The molecule has 0 saturated heterocycles. The van der Waals surface area contributed by atoms with E-state index in [2.05, 4.69) is 52.9 Å². The lowest BCUT2D eigenvalue weighted by Gasteiger charge is -2.15. The SMILES string of the molecule is COc1cccc(C(C)NCc2cccc(-c3ccc(NC(C)=O)nc3)c2)c1. The minimum absolute atomic E-state index is 0.126. The van der Waals surface area contributed by atoms with Crippen molar-refractivity contribution in [1.82, 2.24) is 10.3 Å². The summed E-state index contributed by atoms with van der Waals surface area (Å²) in [5, 5.41) is 6.24. The van der Waals surface area contributed by atoms with E-state index in [-0.39, 0.29) is 11.9 Å². The Labute approximate surface area is 165 Å². The normalized spacial score (nSPS) is 11.7. The van der Waals surface area contributed by atoms with Crippen molar-refractivity contribution in [3.63, 3.8) is 0 Å². The van der Waals surface area contributed by atoms with Crippen LogP contribution in [0.5, 0.6) is 5.75 Å². The van der Waals surface area contributed by atoms with E-state index in [0.717, 1.165) is 23.4 Å². The summed E-state index contributed by atoms with van der Waals surface area (Å²) in [4.78, 5) is 15.4. The molecule has 5 nitrogen and oxygen atoms in total. The standard InChI is InChI=1S/C23H25N3O2/c1-16(19-7-5-9-22(13-19)28-3)24-14-18-6-4-8-20(12-18)21-10-11-23(25-15-21)26-17(2)27/h4-13,15-16,24H,14H2,1-3H3,(H,25,26,27). The van der Waals surface area contributed by atoms with Crippen molar-refractivity contribution in [1.29, 1.82) is 0 Å². The molecule has 1 amide bonds. The van der Waals surface area contributed by atoms with Crippen LogP contribution >= 0.6 is 0 Å². The summed E-state index contributed by atoms with van der Waals surface area (Å²) in [7, 11) is 1.68. The Morgan fingerprint density at radius 2 is 1.89 bits per heavy atom. The van der Waals surface area contributed by atoms with Gasteiger partial charge in [0.05, 0.1) is 7.11 Å². The van der Waals surface area contributed by atoms with Gasteiger partial charge in [0.1, 0.15) is 11.6 Å². The topological polar surface area (TPSA) is 63.2 Å². The van der Waals surface area contributed by atoms with Crippen LogP contribution in [0.2, 0.25) is 0 Å². The first-order chi connectivity index (χ1) is 13.5. The molecule has 0 aliphatic heterocycles. The molecule has 3 rings (SSSR count). The zero-order valence-corrected chi connectivity index (χ0v) is 16.4. The van der Waals surface area contributed by atoms with Crippen LogP contribution in [0.15, 0.2) is 66.9 Å². The van der Waals surface area contributed by atoms with Gasteiger partial charge in [-0.3, -0.25) is 4.79 Å². The highest BCUT2D eigenvalue weighted by molar-refractivity contribution is 5.87. The molecule has 1 atom stereocenters. The second kappa shape index (κ2) is 9.15. The van der Waals surface area contributed by atoms with Crippen LogP contribution in [0, 0.1) is 0 Å². The van der Waals surface area contributed by atoms with Gasteiger partial charge in [-0.2, -0.15) is 0 Å². The number of anilines is 1. The minimum atomic E-state index is -0.126. The fraction of sp³-hybridized carbons (Fsp3) is 0.217. The van der Waals surface area contributed by atoms with E-state index in [9.17, 15) is 4.79 Å². The third kappa shape index (κ3) is 5.18. The maximum Gasteiger partial charge on any atom is 0.222 e. The number of ether oxygens (including phenoxy) is 1. The zero-order chi connectivity index (χ0) is 19.9. The summed E-state index contributed by atoms with van der Waals surface area (Å²) in [5.41, 5.74) is 4.48. The van der Waals surface area contributed by atoms with Gasteiger partial charge < -0.3 is 15.4 Å². The number of hydrogen-bond acceptors (Lipinski definition) is 4. The van der Waals surface area contributed by atoms with Crippen molar-refractivity contribution < 1.29 is 9.53 Å². The molecule has 0 radical (unpaired) electrons. The quantitative estimate of drug-likeness (QED) is 0.635. The highest BCUT2D eigenvalue weighted by Crippen LogP contribution is 2.22. The number of nitrogens with zero attached hydrogens (tertiary/aromatic N) is 1. The van der Waals surface area contributed by atoms with E-state index in [1.165, 1.54) is 18.1 Å². The number of aromatic nitrogens is 1. The lowest BCUT2D eigenvalue weighted by molar-refractivity contribution is -0.114. The van der Waals surface area contributed by atoms with Crippen LogP contribution in [0.4, 0.5) is 5.82 Å². The fourth-order valence-corrected chi connectivity index (χ4v) is 2.98. The molecule has 3 aromatic rings. The zero-order valence-electron chi connectivity index (χ0n) is 16.4. The molecule has 0 fully saturated rings. The second-order valence-electron chi connectivity index (χ2n) is 6.69. The van der Waals surface area contributed by atoms with E-state index in [4.69, 9.17) is 4.74 Å². The Hall–Kier alpha value is -3.18. The van der Waals surface area contributed by atoms with Crippen molar-refractivity contribution in [3.05, 3.63) is 78.0 Å². The Bertz CT molecular complexity index is 939. The Balaban J connectivity index is 1.66. The van der Waals surface area contributed by atoms with Crippen molar-refractivity contribution in [2.45, 2.75) is 26.4 Å². The maximum atomic E-state index is 11.1. The van der Waals surface area contributed by atoms with Gasteiger partial charge in [0.25, 0.3) is 0 Å². The molecule has 1 unspecified atom stereocenters. The molecule has 0 aliphatic rings. The summed E-state index contributed by atoms with van der Waals surface area (Å²) in [6.45, 7) is 4.37. The first-order valence-corrected chi connectivity index (χ1v) is 9.25. The number of hydrogen-bond donors (Lipinski definition) is 2. The summed E-state index contributed by atoms with van der Waals surface area (Å²) in [6, 6.07) is 20.4. The van der Waals surface area contributed by atoms with E-state index in [1.54, 1.807) is 13.3 Å². The van der Waals surface area contributed by atoms with Crippen LogP contribution in [0.3, 0.4) is 0 Å². The van der Waals surface area contributed by atoms with Crippen molar-refractivity contribution in [2.75, 3.05) is 12.4 Å². The van der Waals surface area contributed by atoms with E-state index >= 15 is 0 Å². The van der Waals surface area contributed by atoms with E-state index in [1.807, 2.05) is 30.3 Å². The van der Waals surface area contributed by atoms with Crippen LogP contribution in [-0.4, -0.2) is 18.0 Å². The van der Waals surface area contributed by atoms with Crippen LogP contribution < -0.4 is 15.4 Å². The van der Waals surface area contributed by atoms with Crippen molar-refractivity contribution >= 4 is 11.7 Å². The van der Waals surface area contributed by atoms with Crippen LogP contribution in [-0.2, 0) is 11.3 Å². The molecule has 0 saturated carbocycles. The fourth-order valence-electron chi connectivity index (χ4n) is 2.98. The van der Waals surface area contributed by atoms with Crippen LogP contribution in [0.25, 0.3) is 11.1 Å². The van der Waals surface area contributed by atoms with Gasteiger partial charge in [-0.15, -0.1) is 0 Å². The number of amides is 1. The number of rotatable bonds is 7. The Kier molecular flexibility index (Phi) is 6.40. The molecular formula is C23H25N3O2. The molecule has 0 bridgehead atoms. The maximum absolute atomic E-state index is 11.1. The van der Waals surface area contributed by atoms with Crippen molar-refractivity contribution in [3.8, 4) is 16.9 Å². The van der Waals surface area contributed by atoms with Gasteiger partial charge in [-0.1, -0.05) is 30.3 Å². The molecule has 2 N–H and O–H groups in total. The lowest BCUT2D eigenvalue weighted by Crippen LogP contribution is -2.18. The van der Waals surface area contributed by atoms with Gasteiger partial charge in [0, 0.05) is 31.3 Å². The summed E-state index contributed by atoms with van der Waals surface area (Å²) in [6.07, 6.45) is 1.77. The predicted molar refractivity (Wildman–Crippen MR) is 112 cm³/mol. The molecule has 2 aromatic carbocycles. The molecule has 144 valence electrons. The third-order valence-corrected chi connectivity index (χ3v) is 4.53. The average molecular weight is 375 g/mol. The number of methoxy groups -OCH3 is 1. The number of carbonyl (C=O) groups excluding carboxylic acids is 1. The minimum Gasteiger partial charge on any atom is -0.497 e. The highest BCUT2D eigenvalue weighted by atomic mass is 16.5. The smallest absolute Gasteiger partial charge is 0.222 e. The predicted octanol–water partition coefficient (Wildman–Crippen LogP) is 4.57. The largest absolute Gasteiger partial charge is 0.497 e. The van der Waals surface area contributed by atoms with Gasteiger partial charge in [0.2, 0.25) is 5.91 Å². The molecule has 28 heavy (non-hydrogen) atoms. The Morgan fingerprint density at radius 1 is 1.07 bits per heavy atom. The van der Waals surface area contributed by atoms with Gasteiger partial charge >= 0.3 is 0 Å². The molecule has 5 heteroatoms. The van der Waals surface area contributed by atoms with Gasteiger partial charge in [-0.05, 0) is 53.9 Å². The number of carbonyl (C=O) groups is 1. The second-order valence-corrected chi connectivity index (χ2v) is 6.69. The Morgan fingerprint density at radius 3 is 2.61 bits per heavy atom. The summed E-state index contributed by atoms with van der Waals surface area (Å²) < 4.78 is 5.31. The number of benzene rings is 2. The number of nitrogens with one attached hydrogen (secondary N) is 2. The van der Waals surface area contributed by atoms with Gasteiger partial charge in [0.15, 0.2) is 0 Å². The molecule has 0 spiro atoms. The van der Waals surface area contributed by atoms with E-state index < -0.39 is 0 Å². The molecule has 0 aliphatic carbocycles. The summed E-state index contributed by atoms with van der Waals surface area (Å²) in [5.74, 6) is 1.29. The molecule has 1 heterocycles. The summed E-state index contributed by atoms with van der Waals surface area (Å²) >= 11 is 0. The van der Waals surface area contributed by atoms with E-state index in [0.29, 0.717) is 5.82 Å². The number of pyridine rings is 1. The monoisotopic (exact) mass is 375 g/mol. The first kappa shape index (κ1) is 19.6. The molecular weight excluding hydrogens is 350 g/mol. The highest BCUT2D eigenvalue weighted by Gasteiger charge is 2.07. The third-order valence-electron chi connectivity index (χ3n) is 4.53. The van der Waals surface area contributed by atoms with Gasteiger partial charge in [-0.25, -0.2) is 4.98 Å². The average Bonchev–Trinajstić information content (AvgIpc) is 2.72. The van der Waals surface area contributed by atoms with Crippen molar-refractivity contribution in [2.24, 2.45) is 0 Å². The lowest BCUT2D eigenvalue weighted by atomic mass is 10.0.